The highest BCUT2D eigenvalue weighted by Gasteiger charge is 2.50. The average molecular weight is 240 g/mol. The molecule has 3 unspecified atom stereocenters. The van der Waals surface area contributed by atoms with Gasteiger partial charge in [0, 0.05) is 19.1 Å². The van der Waals surface area contributed by atoms with E-state index >= 15 is 0 Å². The molecule has 0 aromatic carbocycles. The molecule has 0 radical (unpaired) electrons. The Balaban J connectivity index is 1.90. The first-order valence-electron chi connectivity index (χ1n) is 6.18. The number of nitrogens with zero attached hydrogens (tertiary/aromatic N) is 2. The van der Waals surface area contributed by atoms with E-state index in [1.807, 2.05) is 19.0 Å². The number of likely N-dealkylation sites (N-methyl/N-ethyl adjacent to an activating group) is 1. The molecule has 3 atom stereocenters. The molecule has 2 fully saturated rings. The zero-order chi connectivity index (χ0) is 12.6. The van der Waals surface area contributed by atoms with Crippen LogP contribution in [0.3, 0.4) is 0 Å². The Morgan fingerprint density at radius 1 is 1.29 bits per heavy atom. The van der Waals surface area contributed by atoms with Crippen molar-refractivity contribution in [3.63, 3.8) is 0 Å². The van der Waals surface area contributed by atoms with Gasteiger partial charge in [-0.05, 0) is 33.4 Å². The van der Waals surface area contributed by atoms with Crippen LogP contribution < -0.4 is 0 Å². The molecule has 5 heteroatoms. The number of piperidine rings is 1. The number of aliphatic carboxylic acids is 1. The molecular formula is C12H20N2O3. The Kier molecular flexibility index (Phi) is 3.38. The summed E-state index contributed by atoms with van der Waals surface area (Å²) in [6, 6.07) is 0.412. The second kappa shape index (κ2) is 4.64. The fourth-order valence-electron chi connectivity index (χ4n) is 2.55. The third kappa shape index (κ3) is 2.60. The monoisotopic (exact) mass is 240 g/mol. The van der Waals surface area contributed by atoms with Gasteiger partial charge in [0.05, 0.1) is 11.8 Å². The summed E-state index contributed by atoms with van der Waals surface area (Å²) in [6.45, 7) is 1.53. The Hall–Kier alpha value is -1.10. The van der Waals surface area contributed by atoms with Crippen LogP contribution in [0.1, 0.15) is 19.3 Å². The average Bonchev–Trinajstić information content (AvgIpc) is 3.08. The molecule has 1 aliphatic carbocycles. The van der Waals surface area contributed by atoms with Gasteiger partial charge in [0.25, 0.3) is 0 Å². The molecule has 1 saturated heterocycles. The fourth-order valence-corrected chi connectivity index (χ4v) is 2.55. The highest BCUT2D eigenvalue weighted by atomic mass is 16.4. The number of carbonyl (C=O) groups excluding carboxylic acids is 1. The summed E-state index contributed by atoms with van der Waals surface area (Å²) in [5.74, 6) is -1.47. The normalized spacial score (nSPS) is 32.6. The highest BCUT2D eigenvalue weighted by molar-refractivity contribution is 5.89. The summed E-state index contributed by atoms with van der Waals surface area (Å²) in [7, 11) is 4.05. The number of likely N-dealkylation sites (tertiary alicyclic amines) is 1. The van der Waals surface area contributed by atoms with Gasteiger partial charge in [0.1, 0.15) is 0 Å². The van der Waals surface area contributed by atoms with E-state index in [2.05, 4.69) is 4.90 Å². The van der Waals surface area contributed by atoms with E-state index in [9.17, 15) is 9.59 Å². The zero-order valence-electron chi connectivity index (χ0n) is 10.4. The molecule has 2 aliphatic rings. The second-order valence-corrected chi connectivity index (χ2v) is 5.33. The molecule has 0 bridgehead atoms. The Morgan fingerprint density at radius 3 is 2.53 bits per heavy atom. The van der Waals surface area contributed by atoms with Crippen molar-refractivity contribution in [2.75, 3.05) is 27.2 Å². The maximum absolute atomic E-state index is 12.1. The molecule has 0 aromatic heterocycles. The molecule has 0 aromatic rings. The Morgan fingerprint density at radius 2 is 2.00 bits per heavy atom. The Labute approximate surface area is 101 Å². The minimum atomic E-state index is -0.829. The van der Waals surface area contributed by atoms with Crippen molar-refractivity contribution in [3.8, 4) is 0 Å². The Bertz CT molecular complexity index is 330. The zero-order valence-corrected chi connectivity index (χ0v) is 10.4. The molecule has 1 aliphatic heterocycles. The van der Waals surface area contributed by atoms with Crippen molar-refractivity contribution in [2.45, 2.75) is 25.3 Å². The minimum Gasteiger partial charge on any atom is -0.481 e. The lowest BCUT2D eigenvalue weighted by Gasteiger charge is -2.36. The third-order valence-electron chi connectivity index (χ3n) is 3.86. The number of carboxylic acids is 1. The molecule has 0 spiro atoms. The van der Waals surface area contributed by atoms with Crippen molar-refractivity contribution < 1.29 is 14.7 Å². The van der Waals surface area contributed by atoms with Crippen molar-refractivity contribution in [1.29, 1.82) is 0 Å². The predicted octanol–water partition coefficient (Wildman–Crippen LogP) is 0.260. The number of carboxylic acid groups (broad SMARTS) is 1. The van der Waals surface area contributed by atoms with Crippen molar-refractivity contribution >= 4 is 11.9 Å². The van der Waals surface area contributed by atoms with Crippen LogP contribution in [0, 0.1) is 11.8 Å². The van der Waals surface area contributed by atoms with Gasteiger partial charge in [0.15, 0.2) is 0 Å². The molecule has 96 valence electrons. The predicted molar refractivity (Wildman–Crippen MR) is 62.5 cm³/mol. The number of hydrogen-bond acceptors (Lipinski definition) is 3. The van der Waals surface area contributed by atoms with Crippen LogP contribution in [-0.4, -0.2) is 60.0 Å². The topological polar surface area (TPSA) is 60.9 Å². The molecule has 1 amide bonds. The van der Waals surface area contributed by atoms with E-state index in [0.717, 1.165) is 25.9 Å². The summed E-state index contributed by atoms with van der Waals surface area (Å²) in [5.41, 5.74) is 0. The van der Waals surface area contributed by atoms with Crippen molar-refractivity contribution in [1.82, 2.24) is 9.80 Å². The molecule has 1 saturated carbocycles. The molecule has 1 N–H and O–H groups in total. The van der Waals surface area contributed by atoms with E-state index in [4.69, 9.17) is 5.11 Å². The first-order valence-corrected chi connectivity index (χ1v) is 6.18. The lowest BCUT2D eigenvalue weighted by Crippen LogP contribution is -2.48. The van der Waals surface area contributed by atoms with Gasteiger partial charge in [-0.15, -0.1) is 0 Å². The maximum Gasteiger partial charge on any atom is 0.307 e. The van der Waals surface area contributed by atoms with E-state index in [0.29, 0.717) is 12.5 Å². The summed E-state index contributed by atoms with van der Waals surface area (Å²) in [6.07, 6.45) is 2.65. The molecule has 1 heterocycles. The number of amides is 1. The second-order valence-electron chi connectivity index (χ2n) is 5.33. The number of carbonyl (C=O) groups is 2. The van der Waals surface area contributed by atoms with E-state index < -0.39 is 11.9 Å². The quantitative estimate of drug-likeness (QED) is 0.768. The van der Waals surface area contributed by atoms with Crippen LogP contribution in [0.25, 0.3) is 0 Å². The van der Waals surface area contributed by atoms with Crippen LogP contribution >= 0.6 is 0 Å². The number of hydrogen-bond donors (Lipinski definition) is 1. The van der Waals surface area contributed by atoms with Gasteiger partial charge in [0.2, 0.25) is 5.91 Å². The van der Waals surface area contributed by atoms with E-state index in [1.54, 1.807) is 0 Å². The summed E-state index contributed by atoms with van der Waals surface area (Å²) in [4.78, 5) is 26.8. The van der Waals surface area contributed by atoms with Crippen LogP contribution in [0.4, 0.5) is 0 Å². The maximum atomic E-state index is 12.1. The minimum absolute atomic E-state index is 0.0453. The molecular weight excluding hydrogens is 220 g/mol. The summed E-state index contributed by atoms with van der Waals surface area (Å²) in [5, 5.41) is 8.83. The SMILES string of the molecule is CN(C)C1CCCN(C(=O)C2CC2C(=O)O)C1. The lowest BCUT2D eigenvalue weighted by atomic mass is 10.0. The smallest absolute Gasteiger partial charge is 0.307 e. The summed E-state index contributed by atoms with van der Waals surface area (Å²) >= 11 is 0. The van der Waals surface area contributed by atoms with Gasteiger partial charge >= 0.3 is 5.97 Å². The van der Waals surface area contributed by atoms with E-state index in [-0.39, 0.29) is 11.8 Å². The van der Waals surface area contributed by atoms with Gasteiger partial charge in [-0.1, -0.05) is 0 Å². The van der Waals surface area contributed by atoms with Gasteiger partial charge in [-0.25, -0.2) is 0 Å². The van der Waals surface area contributed by atoms with Crippen LogP contribution in [0.2, 0.25) is 0 Å². The van der Waals surface area contributed by atoms with Gasteiger partial charge in [-0.2, -0.15) is 0 Å². The standard InChI is InChI=1S/C12H20N2O3/c1-13(2)8-4-3-5-14(7-8)11(15)9-6-10(9)12(16)17/h8-10H,3-7H2,1-2H3,(H,16,17). The van der Waals surface area contributed by atoms with Crippen LogP contribution in [-0.2, 0) is 9.59 Å². The van der Waals surface area contributed by atoms with Gasteiger partial charge in [-0.3, -0.25) is 9.59 Å². The molecule has 17 heavy (non-hydrogen) atoms. The molecule has 2 rings (SSSR count). The van der Waals surface area contributed by atoms with Crippen molar-refractivity contribution in [2.24, 2.45) is 11.8 Å². The first-order chi connectivity index (χ1) is 8.00. The number of rotatable bonds is 3. The van der Waals surface area contributed by atoms with E-state index in [1.165, 1.54) is 0 Å². The fraction of sp³-hybridized carbons (Fsp3) is 0.833. The largest absolute Gasteiger partial charge is 0.481 e. The van der Waals surface area contributed by atoms with Gasteiger partial charge < -0.3 is 14.9 Å². The molecule has 5 nitrogen and oxygen atoms in total. The van der Waals surface area contributed by atoms with Crippen molar-refractivity contribution in [3.05, 3.63) is 0 Å². The third-order valence-corrected chi connectivity index (χ3v) is 3.86. The highest BCUT2D eigenvalue weighted by Crippen LogP contribution is 2.40. The lowest BCUT2D eigenvalue weighted by molar-refractivity contribution is -0.142. The van der Waals surface area contributed by atoms with Crippen LogP contribution in [0.15, 0.2) is 0 Å². The summed E-state index contributed by atoms with van der Waals surface area (Å²) < 4.78 is 0. The van der Waals surface area contributed by atoms with Crippen LogP contribution in [0.5, 0.6) is 0 Å². The first kappa shape index (κ1) is 12.4.